The molecule has 0 amide bonds. The van der Waals surface area contributed by atoms with Crippen LogP contribution in [0.5, 0.6) is 0 Å². The van der Waals surface area contributed by atoms with Crippen LogP contribution in [-0.2, 0) is 12.8 Å². The van der Waals surface area contributed by atoms with Crippen molar-refractivity contribution in [1.29, 1.82) is 0 Å². The number of aryl methyl sites for hydroxylation is 1. The molecule has 1 unspecified atom stereocenters. The Labute approximate surface area is 139 Å². The minimum absolute atomic E-state index is 0.325. The van der Waals surface area contributed by atoms with Gasteiger partial charge in [-0.3, -0.25) is 0 Å². The van der Waals surface area contributed by atoms with Crippen molar-refractivity contribution in [3.05, 3.63) is 68.7 Å². The van der Waals surface area contributed by atoms with Gasteiger partial charge < -0.3 is 5.32 Å². The summed E-state index contributed by atoms with van der Waals surface area (Å²) in [5, 5.41) is 4.55. The molecule has 2 aromatic rings. The van der Waals surface area contributed by atoms with Gasteiger partial charge in [-0.05, 0) is 67.1 Å². The van der Waals surface area contributed by atoms with E-state index in [1.165, 1.54) is 27.6 Å². The predicted octanol–water partition coefficient (Wildman–Crippen LogP) is 5.31. The maximum atomic E-state index is 6.08. The fraction of sp³-hybridized carbons (Fsp3) is 0.333. The second-order valence-corrected chi connectivity index (χ2v) is 7.15. The summed E-state index contributed by atoms with van der Waals surface area (Å²) in [5.74, 6) is 0. The molecule has 110 valence electrons. The van der Waals surface area contributed by atoms with Gasteiger partial charge in [-0.1, -0.05) is 45.7 Å². The Balaban J connectivity index is 1.68. The average Bonchev–Trinajstić information content (AvgIpc) is 2.47. The molecule has 0 fully saturated rings. The molecule has 1 aliphatic rings. The zero-order chi connectivity index (χ0) is 14.8. The molecule has 2 atom stereocenters. The Hall–Kier alpha value is -0.830. The number of hydrogen-bond donors (Lipinski definition) is 1. The van der Waals surface area contributed by atoms with Gasteiger partial charge in [0.1, 0.15) is 0 Å². The van der Waals surface area contributed by atoms with Crippen LogP contribution in [0, 0.1) is 0 Å². The first-order chi connectivity index (χ1) is 10.1. The third kappa shape index (κ3) is 3.68. The lowest BCUT2D eigenvalue weighted by Crippen LogP contribution is -2.36. The van der Waals surface area contributed by atoms with Crippen LogP contribution in [0.3, 0.4) is 0 Å². The summed E-state index contributed by atoms with van der Waals surface area (Å²) in [6.07, 6.45) is 3.44. The lowest BCUT2D eigenvalue weighted by atomic mass is 9.88. The molecule has 3 heteroatoms. The number of halogens is 2. The molecule has 0 heterocycles. The maximum Gasteiger partial charge on any atom is 0.0409 e. The summed E-state index contributed by atoms with van der Waals surface area (Å²) in [4.78, 5) is 0. The molecule has 1 aliphatic carbocycles. The van der Waals surface area contributed by atoms with Crippen molar-refractivity contribution >= 4 is 27.5 Å². The van der Waals surface area contributed by atoms with Gasteiger partial charge in [0.15, 0.2) is 0 Å². The van der Waals surface area contributed by atoms with Crippen LogP contribution in [0.25, 0.3) is 0 Å². The van der Waals surface area contributed by atoms with Gasteiger partial charge in [0, 0.05) is 21.6 Å². The van der Waals surface area contributed by atoms with Crippen molar-refractivity contribution in [2.24, 2.45) is 0 Å². The van der Waals surface area contributed by atoms with Crippen molar-refractivity contribution in [1.82, 2.24) is 5.32 Å². The zero-order valence-electron chi connectivity index (χ0n) is 12.1. The lowest BCUT2D eigenvalue weighted by Gasteiger charge is -2.29. The second kappa shape index (κ2) is 6.51. The van der Waals surface area contributed by atoms with Crippen LogP contribution in [0.2, 0.25) is 5.02 Å². The number of benzene rings is 2. The molecule has 0 bridgehead atoms. The van der Waals surface area contributed by atoms with Crippen molar-refractivity contribution in [3.63, 3.8) is 0 Å². The zero-order valence-corrected chi connectivity index (χ0v) is 14.4. The van der Waals surface area contributed by atoms with Gasteiger partial charge in [0.25, 0.3) is 0 Å². The van der Waals surface area contributed by atoms with E-state index in [0.717, 1.165) is 17.9 Å². The molecule has 1 nitrogen and oxygen atoms in total. The van der Waals surface area contributed by atoms with Crippen molar-refractivity contribution in [2.75, 3.05) is 0 Å². The molecule has 0 saturated carbocycles. The average molecular weight is 365 g/mol. The first kappa shape index (κ1) is 15.1. The topological polar surface area (TPSA) is 12.0 Å². The van der Waals surface area contributed by atoms with E-state index in [9.17, 15) is 0 Å². The van der Waals surface area contributed by atoms with E-state index in [0.29, 0.717) is 12.1 Å². The Morgan fingerprint density at radius 2 is 2.05 bits per heavy atom. The van der Waals surface area contributed by atoms with Gasteiger partial charge >= 0.3 is 0 Å². The normalized spacial score (nSPS) is 19.1. The number of rotatable bonds is 3. The van der Waals surface area contributed by atoms with E-state index in [1.807, 2.05) is 18.2 Å². The van der Waals surface area contributed by atoms with Crippen molar-refractivity contribution in [3.8, 4) is 0 Å². The minimum Gasteiger partial charge on any atom is -0.307 e. The summed E-state index contributed by atoms with van der Waals surface area (Å²) in [5.41, 5.74) is 4.21. The van der Waals surface area contributed by atoms with Gasteiger partial charge in [-0.15, -0.1) is 0 Å². The van der Waals surface area contributed by atoms with Gasteiger partial charge in [0.2, 0.25) is 0 Å². The van der Waals surface area contributed by atoms with E-state index >= 15 is 0 Å². The van der Waals surface area contributed by atoms with Crippen LogP contribution >= 0.6 is 27.5 Å². The number of fused-ring (bicyclic) bond motifs is 1. The van der Waals surface area contributed by atoms with Crippen molar-refractivity contribution < 1.29 is 0 Å². The highest BCUT2D eigenvalue weighted by molar-refractivity contribution is 9.10. The highest BCUT2D eigenvalue weighted by Crippen LogP contribution is 2.26. The van der Waals surface area contributed by atoms with E-state index in [1.54, 1.807) is 0 Å². The first-order valence-electron chi connectivity index (χ1n) is 7.40. The molecule has 21 heavy (non-hydrogen) atoms. The first-order valence-corrected chi connectivity index (χ1v) is 8.58. The molecule has 2 aromatic carbocycles. The highest BCUT2D eigenvalue weighted by Gasteiger charge is 2.20. The molecular weight excluding hydrogens is 346 g/mol. The molecule has 0 aliphatic heterocycles. The molecule has 3 rings (SSSR count). The van der Waals surface area contributed by atoms with E-state index < -0.39 is 0 Å². The van der Waals surface area contributed by atoms with E-state index in [4.69, 9.17) is 11.6 Å². The predicted molar refractivity (Wildman–Crippen MR) is 93.0 cm³/mol. The third-order valence-corrected chi connectivity index (χ3v) is 4.96. The minimum atomic E-state index is 0.325. The van der Waals surface area contributed by atoms with Crippen LogP contribution in [0.4, 0.5) is 0 Å². The fourth-order valence-corrected chi connectivity index (χ4v) is 3.70. The fourth-order valence-electron chi connectivity index (χ4n) is 3.09. The van der Waals surface area contributed by atoms with Crippen molar-refractivity contribution in [2.45, 2.75) is 38.3 Å². The summed E-state index contributed by atoms with van der Waals surface area (Å²) in [7, 11) is 0. The molecule has 0 saturated heterocycles. The Morgan fingerprint density at radius 1 is 1.19 bits per heavy atom. The smallest absolute Gasteiger partial charge is 0.0409 e. The van der Waals surface area contributed by atoms with E-state index in [2.05, 4.69) is 52.4 Å². The Kier molecular flexibility index (Phi) is 4.68. The van der Waals surface area contributed by atoms with Crippen LogP contribution < -0.4 is 5.32 Å². The van der Waals surface area contributed by atoms with E-state index in [-0.39, 0.29) is 0 Å². The van der Waals surface area contributed by atoms with Gasteiger partial charge in [0.05, 0.1) is 0 Å². The summed E-state index contributed by atoms with van der Waals surface area (Å²) in [6.45, 7) is 2.21. The Bertz CT molecular complexity index is 641. The largest absolute Gasteiger partial charge is 0.307 e. The highest BCUT2D eigenvalue weighted by atomic mass is 79.9. The molecular formula is C18H19BrClN. The molecule has 0 spiro atoms. The molecule has 0 radical (unpaired) electrons. The maximum absolute atomic E-state index is 6.08. The van der Waals surface area contributed by atoms with Crippen LogP contribution in [-0.4, -0.2) is 6.04 Å². The Morgan fingerprint density at radius 3 is 2.86 bits per heavy atom. The lowest BCUT2D eigenvalue weighted by molar-refractivity contribution is 0.413. The van der Waals surface area contributed by atoms with Crippen LogP contribution in [0.1, 0.15) is 36.1 Å². The quantitative estimate of drug-likeness (QED) is 0.778. The third-order valence-electron chi connectivity index (χ3n) is 4.23. The van der Waals surface area contributed by atoms with Crippen LogP contribution in [0.15, 0.2) is 46.9 Å². The number of nitrogens with one attached hydrogen (secondary N) is 1. The molecule has 1 N–H and O–H groups in total. The SMILES string of the molecule is C[C@H](NC1CCc2cc(Br)ccc2C1)c1cccc(Cl)c1. The monoisotopic (exact) mass is 363 g/mol. The summed E-state index contributed by atoms with van der Waals surface area (Å²) in [6, 6.07) is 15.6. The summed E-state index contributed by atoms with van der Waals surface area (Å²) < 4.78 is 1.18. The number of hydrogen-bond acceptors (Lipinski definition) is 1. The van der Waals surface area contributed by atoms with Gasteiger partial charge in [-0.25, -0.2) is 0 Å². The van der Waals surface area contributed by atoms with Gasteiger partial charge in [-0.2, -0.15) is 0 Å². The molecule has 0 aromatic heterocycles. The second-order valence-electron chi connectivity index (χ2n) is 5.80. The summed E-state index contributed by atoms with van der Waals surface area (Å²) >= 11 is 9.64. The standard InChI is InChI=1S/C18H19BrClN/c1-12(13-3-2-4-17(20)10-13)21-18-8-6-14-9-16(19)7-5-15(14)11-18/h2-5,7,9-10,12,18,21H,6,8,11H2,1H3/t12-,18?/m0/s1.